The Morgan fingerprint density at radius 3 is 2.63 bits per heavy atom. The SMILES string of the molecule is COc1ccc(CC(CN)C(=O)NC(C)C)cc1F. The van der Waals surface area contributed by atoms with Gasteiger partial charge in [-0.25, -0.2) is 4.39 Å². The molecular formula is C14H21FN2O2. The Balaban J connectivity index is 2.75. The Morgan fingerprint density at radius 2 is 2.16 bits per heavy atom. The van der Waals surface area contributed by atoms with E-state index in [2.05, 4.69) is 5.32 Å². The number of methoxy groups -OCH3 is 1. The van der Waals surface area contributed by atoms with Crippen molar-refractivity contribution in [3.63, 3.8) is 0 Å². The summed E-state index contributed by atoms with van der Waals surface area (Å²) in [7, 11) is 1.41. The molecule has 1 aromatic rings. The van der Waals surface area contributed by atoms with Gasteiger partial charge in [0.15, 0.2) is 11.6 Å². The molecule has 3 N–H and O–H groups in total. The third-order valence-corrected chi connectivity index (χ3v) is 2.78. The molecule has 1 unspecified atom stereocenters. The van der Waals surface area contributed by atoms with Gasteiger partial charge in [0.2, 0.25) is 5.91 Å². The molecule has 0 bridgehead atoms. The largest absolute Gasteiger partial charge is 0.494 e. The highest BCUT2D eigenvalue weighted by Gasteiger charge is 2.18. The summed E-state index contributed by atoms with van der Waals surface area (Å²) in [5.74, 6) is -0.691. The van der Waals surface area contributed by atoms with Gasteiger partial charge in [-0.3, -0.25) is 4.79 Å². The fourth-order valence-corrected chi connectivity index (χ4v) is 1.81. The number of halogens is 1. The molecule has 0 aromatic heterocycles. The second-order valence-electron chi connectivity index (χ2n) is 4.77. The minimum atomic E-state index is -0.431. The number of benzene rings is 1. The lowest BCUT2D eigenvalue weighted by Crippen LogP contribution is -2.39. The lowest BCUT2D eigenvalue weighted by Gasteiger charge is -2.17. The molecule has 0 radical (unpaired) electrons. The van der Waals surface area contributed by atoms with Crippen molar-refractivity contribution in [3.8, 4) is 5.75 Å². The molecule has 5 heteroatoms. The Kier molecular flexibility index (Phi) is 5.76. The minimum Gasteiger partial charge on any atom is -0.494 e. The first-order valence-corrected chi connectivity index (χ1v) is 6.30. The predicted octanol–water partition coefficient (Wildman–Crippen LogP) is 1.48. The highest BCUT2D eigenvalue weighted by molar-refractivity contribution is 5.79. The van der Waals surface area contributed by atoms with E-state index >= 15 is 0 Å². The fourth-order valence-electron chi connectivity index (χ4n) is 1.81. The van der Waals surface area contributed by atoms with Gasteiger partial charge < -0.3 is 15.8 Å². The highest BCUT2D eigenvalue weighted by atomic mass is 19.1. The summed E-state index contributed by atoms with van der Waals surface area (Å²) in [5.41, 5.74) is 6.34. The van der Waals surface area contributed by atoms with Gasteiger partial charge >= 0.3 is 0 Å². The van der Waals surface area contributed by atoms with Crippen molar-refractivity contribution in [2.24, 2.45) is 11.7 Å². The maximum atomic E-state index is 13.6. The van der Waals surface area contributed by atoms with Crippen molar-refractivity contribution in [3.05, 3.63) is 29.6 Å². The number of hydrogen-bond acceptors (Lipinski definition) is 3. The molecule has 0 spiro atoms. The Bertz CT molecular complexity index is 435. The summed E-state index contributed by atoms with van der Waals surface area (Å²) in [6.07, 6.45) is 0.413. The van der Waals surface area contributed by atoms with Crippen LogP contribution in [0.5, 0.6) is 5.75 Å². The number of nitrogens with two attached hydrogens (primary N) is 1. The van der Waals surface area contributed by atoms with E-state index in [9.17, 15) is 9.18 Å². The number of carbonyl (C=O) groups is 1. The highest BCUT2D eigenvalue weighted by Crippen LogP contribution is 2.19. The fraction of sp³-hybridized carbons (Fsp3) is 0.500. The molecule has 4 nitrogen and oxygen atoms in total. The Morgan fingerprint density at radius 1 is 1.47 bits per heavy atom. The second kappa shape index (κ2) is 7.09. The van der Waals surface area contributed by atoms with Crippen LogP contribution in [-0.4, -0.2) is 25.6 Å². The van der Waals surface area contributed by atoms with Crippen LogP contribution >= 0.6 is 0 Å². The Labute approximate surface area is 113 Å². The van der Waals surface area contributed by atoms with Crippen LogP contribution in [0.25, 0.3) is 0 Å². The first kappa shape index (κ1) is 15.4. The molecule has 106 valence electrons. The van der Waals surface area contributed by atoms with Crippen LogP contribution in [0, 0.1) is 11.7 Å². The lowest BCUT2D eigenvalue weighted by molar-refractivity contribution is -0.125. The first-order chi connectivity index (χ1) is 8.97. The molecule has 0 saturated carbocycles. The maximum Gasteiger partial charge on any atom is 0.224 e. The van der Waals surface area contributed by atoms with E-state index in [-0.39, 0.29) is 30.2 Å². The van der Waals surface area contributed by atoms with Crippen LogP contribution in [0.15, 0.2) is 18.2 Å². The monoisotopic (exact) mass is 268 g/mol. The van der Waals surface area contributed by atoms with Gasteiger partial charge in [-0.2, -0.15) is 0 Å². The lowest BCUT2D eigenvalue weighted by atomic mass is 9.98. The van der Waals surface area contributed by atoms with Crippen LogP contribution in [0.2, 0.25) is 0 Å². The van der Waals surface area contributed by atoms with Crippen LogP contribution in [-0.2, 0) is 11.2 Å². The zero-order valence-electron chi connectivity index (χ0n) is 11.6. The summed E-state index contributed by atoms with van der Waals surface area (Å²) < 4.78 is 18.4. The number of nitrogens with one attached hydrogen (secondary N) is 1. The predicted molar refractivity (Wildman–Crippen MR) is 72.5 cm³/mol. The van der Waals surface area contributed by atoms with Crippen molar-refractivity contribution in [1.29, 1.82) is 0 Å². The van der Waals surface area contributed by atoms with Crippen molar-refractivity contribution in [2.75, 3.05) is 13.7 Å². The first-order valence-electron chi connectivity index (χ1n) is 6.30. The molecular weight excluding hydrogens is 247 g/mol. The smallest absolute Gasteiger partial charge is 0.224 e. The van der Waals surface area contributed by atoms with E-state index in [0.717, 1.165) is 5.56 Å². The van der Waals surface area contributed by atoms with Crippen molar-refractivity contribution >= 4 is 5.91 Å². The molecule has 0 heterocycles. The summed E-state index contributed by atoms with van der Waals surface area (Å²) >= 11 is 0. The van der Waals surface area contributed by atoms with E-state index in [4.69, 9.17) is 10.5 Å². The number of rotatable bonds is 6. The van der Waals surface area contributed by atoms with Crippen LogP contribution in [0.3, 0.4) is 0 Å². The minimum absolute atomic E-state index is 0.0640. The van der Waals surface area contributed by atoms with E-state index in [1.807, 2.05) is 13.8 Å². The average molecular weight is 268 g/mol. The topological polar surface area (TPSA) is 64.3 Å². The van der Waals surface area contributed by atoms with E-state index in [0.29, 0.717) is 6.42 Å². The van der Waals surface area contributed by atoms with Crippen LogP contribution in [0.4, 0.5) is 4.39 Å². The van der Waals surface area contributed by atoms with Gasteiger partial charge in [0.05, 0.1) is 13.0 Å². The number of amides is 1. The quantitative estimate of drug-likeness (QED) is 0.821. The van der Waals surface area contributed by atoms with Gasteiger partial charge in [0.1, 0.15) is 0 Å². The zero-order chi connectivity index (χ0) is 14.4. The summed E-state index contributed by atoms with van der Waals surface area (Å²) in [5, 5.41) is 2.81. The van der Waals surface area contributed by atoms with Gasteiger partial charge in [0.25, 0.3) is 0 Å². The normalized spacial score (nSPS) is 12.3. The van der Waals surface area contributed by atoms with Crippen molar-refractivity contribution in [1.82, 2.24) is 5.32 Å². The average Bonchev–Trinajstić information content (AvgIpc) is 2.35. The molecule has 0 aliphatic rings. The summed E-state index contributed by atoms with van der Waals surface area (Å²) in [6, 6.07) is 4.74. The third kappa shape index (κ3) is 4.52. The maximum absolute atomic E-state index is 13.6. The molecule has 1 rings (SSSR count). The third-order valence-electron chi connectivity index (χ3n) is 2.78. The van der Waals surface area contributed by atoms with Gasteiger partial charge in [-0.05, 0) is 38.0 Å². The van der Waals surface area contributed by atoms with Gasteiger partial charge in [-0.1, -0.05) is 6.07 Å². The molecule has 1 amide bonds. The van der Waals surface area contributed by atoms with E-state index in [1.165, 1.54) is 13.2 Å². The molecule has 0 fully saturated rings. The van der Waals surface area contributed by atoms with Crippen LogP contribution in [0.1, 0.15) is 19.4 Å². The van der Waals surface area contributed by atoms with Crippen LogP contribution < -0.4 is 15.8 Å². The molecule has 1 atom stereocenters. The summed E-state index contributed by atoms with van der Waals surface area (Å²) in [4.78, 5) is 11.9. The van der Waals surface area contributed by atoms with Gasteiger partial charge in [0, 0.05) is 12.6 Å². The Hall–Kier alpha value is -1.62. The molecule has 19 heavy (non-hydrogen) atoms. The van der Waals surface area contributed by atoms with E-state index < -0.39 is 5.82 Å². The molecule has 0 aliphatic heterocycles. The standard InChI is InChI=1S/C14H21FN2O2/c1-9(2)17-14(18)11(8-16)6-10-4-5-13(19-3)12(15)7-10/h4-5,7,9,11H,6,8,16H2,1-3H3,(H,17,18). The van der Waals surface area contributed by atoms with E-state index in [1.54, 1.807) is 12.1 Å². The van der Waals surface area contributed by atoms with Gasteiger partial charge in [-0.15, -0.1) is 0 Å². The molecule has 0 saturated heterocycles. The zero-order valence-corrected chi connectivity index (χ0v) is 11.6. The number of ether oxygens (including phenoxy) is 1. The second-order valence-corrected chi connectivity index (χ2v) is 4.77. The number of hydrogen-bond donors (Lipinski definition) is 2. The molecule has 1 aromatic carbocycles. The number of carbonyl (C=O) groups excluding carboxylic acids is 1. The molecule has 0 aliphatic carbocycles. The summed E-state index contributed by atoms with van der Waals surface area (Å²) in [6.45, 7) is 4.00. The van der Waals surface area contributed by atoms with Crippen molar-refractivity contribution in [2.45, 2.75) is 26.3 Å². The van der Waals surface area contributed by atoms with Crippen molar-refractivity contribution < 1.29 is 13.9 Å².